The van der Waals surface area contributed by atoms with Gasteiger partial charge in [0.05, 0.1) is 0 Å². The van der Waals surface area contributed by atoms with Crippen LogP contribution in [0.5, 0.6) is 0 Å². The summed E-state index contributed by atoms with van der Waals surface area (Å²) in [5.74, 6) is 6.51. The van der Waals surface area contributed by atoms with E-state index in [9.17, 15) is 0 Å². The summed E-state index contributed by atoms with van der Waals surface area (Å²) in [5, 5.41) is 0. The quantitative estimate of drug-likeness (QED) is 0.648. The molecule has 3 N–H and O–H groups in total. The van der Waals surface area contributed by atoms with Crippen LogP contribution in [0.25, 0.3) is 0 Å². The normalized spacial score (nSPS) is 24.1. The van der Waals surface area contributed by atoms with Gasteiger partial charge in [-0.05, 0) is 42.2 Å². The average Bonchev–Trinajstić information content (AvgIpc) is 2.38. The highest BCUT2D eigenvalue weighted by Gasteiger charge is 2.37. The Morgan fingerprint density at radius 3 is 2.74 bits per heavy atom. The second-order valence-corrected chi connectivity index (χ2v) is 7.26. The van der Waals surface area contributed by atoms with Crippen LogP contribution in [-0.2, 0) is 6.42 Å². The summed E-state index contributed by atoms with van der Waals surface area (Å²) in [4.78, 5) is 0. The number of rotatable bonds is 4. The molecule has 0 heterocycles. The summed E-state index contributed by atoms with van der Waals surface area (Å²) in [5.41, 5.74) is 4.81. The molecule has 0 aromatic heterocycles. The van der Waals surface area contributed by atoms with Crippen LogP contribution < -0.4 is 11.3 Å². The fraction of sp³-hybridized carbons (Fsp3) is 0.625. The summed E-state index contributed by atoms with van der Waals surface area (Å²) in [7, 11) is 0. The van der Waals surface area contributed by atoms with Gasteiger partial charge in [-0.3, -0.25) is 11.3 Å². The molecular weight excluding hydrogens is 300 g/mol. The lowest BCUT2D eigenvalue weighted by molar-refractivity contribution is 0.0981. The SMILES string of the molecule is CC1(C)CCCCC1C(Cc1ccccc1Br)NN. The number of benzene rings is 1. The molecule has 2 nitrogen and oxygen atoms in total. The van der Waals surface area contributed by atoms with E-state index >= 15 is 0 Å². The van der Waals surface area contributed by atoms with Crippen molar-refractivity contribution in [2.24, 2.45) is 17.2 Å². The van der Waals surface area contributed by atoms with E-state index in [0.717, 1.165) is 6.42 Å². The highest BCUT2D eigenvalue weighted by Crippen LogP contribution is 2.43. The van der Waals surface area contributed by atoms with Crippen molar-refractivity contribution in [3.8, 4) is 0 Å². The fourth-order valence-corrected chi connectivity index (χ4v) is 3.93. The smallest absolute Gasteiger partial charge is 0.0284 e. The van der Waals surface area contributed by atoms with Crippen LogP contribution >= 0.6 is 15.9 Å². The van der Waals surface area contributed by atoms with Crippen LogP contribution in [0.4, 0.5) is 0 Å². The van der Waals surface area contributed by atoms with Crippen molar-refractivity contribution >= 4 is 15.9 Å². The van der Waals surface area contributed by atoms with Crippen LogP contribution in [0.15, 0.2) is 28.7 Å². The molecule has 0 saturated heterocycles. The van der Waals surface area contributed by atoms with E-state index in [1.54, 1.807) is 0 Å². The van der Waals surface area contributed by atoms with Gasteiger partial charge in [0.25, 0.3) is 0 Å². The summed E-state index contributed by atoms with van der Waals surface area (Å²) >= 11 is 3.64. The van der Waals surface area contributed by atoms with E-state index in [4.69, 9.17) is 5.84 Å². The highest BCUT2D eigenvalue weighted by atomic mass is 79.9. The standard InChI is InChI=1S/C16H25BrN2/c1-16(2)10-6-5-8-13(16)15(19-18)11-12-7-3-4-9-14(12)17/h3-4,7,9,13,15,19H,5-6,8,10-11,18H2,1-2H3. The number of nitrogens with two attached hydrogens (primary N) is 1. The maximum atomic E-state index is 5.86. The van der Waals surface area contributed by atoms with E-state index in [-0.39, 0.29) is 0 Å². The number of halogens is 1. The van der Waals surface area contributed by atoms with Crippen LogP contribution in [0, 0.1) is 11.3 Å². The molecule has 0 amide bonds. The first-order chi connectivity index (χ1) is 9.04. The van der Waals surface area contributed by atoms with Gasteiger partial charge >= 0.3 is 0 Å². The molecule has 1 aliphatic carbocycles. The molecular formula is C16H25BrN2. The fourth-order valence-electron chi connectivity index (χ4n) is 3.49. The van der Waals surface area contributed by atoms with Gasteiger partial charge in [-0.15, -0.1) is 0 Å². The van der Waals surface area contributed by atoms with Gasteiger partial charge in [0.2, 0.25) is 0 Å². The first kappa shape index (κ1) is 15.0. The van der Waals surface area contributed by atoms with Gasteiger partial charge in [-0.2, -0.15) is 0 Å². The molecule has 1 aromatic carbocycles. The highest BCUT2D eigenvalue weighted by molar-refractivity contribution is 9.10. The molecule has 2 unspecified atom stereocenters. The Balaban J connectivity index is 2.14. The number of hydrogen-bond acceptors (Lipinski definition) is 2. The minimum absolute atomic E-state index is 0.356. The lowest BCUT2D eigenvalue weighted by Gasteiger charge is -2.43. The average molecular weight is 325 g/mol. The summed E-state index contributed by atoms with van der Waals surface area (Å²) in [6.45, 7) is 4.78. The van der Waals surface area contributed by atoms with Gasteiger partial charge in [0.1, 0.15) is 0 Å². The van der Waals surface area contributed by atoms with Gasteiger partial charge in [0, 0.05) is 10.5 Å². The Labute approximate surface area is 125 Å². The molecule has 0 radical (unpaired) electrons. The third-order valence-electron chi connectivity index (χ3n) is 4.69. The monoisotopic (exact) mass is 324 g/mol. The van der Waals surface area contributed by atoms with Crippen molar-refractivity contribution in [1.29, 1.82) is 0 Å². The molecule has 3 heteroatoms. The van der Waals surface area contributed by atoms with Crippen molar-refractivity contribution < 1.29 is 0 Å². The lowest BCUT2D eigenvalue weighted by Crippen LogP contribution is -2.48. The third-order valence-corrected chi connectivity index (χ3v) is 5.46. The molecule has 1 aliphatic rings. The van der Waals surface area contributed by atoms with Crippen LogP contribution in [-0.4, -0.2) is 6.04 Å². The number of hydrogen-bond donors (Lipinski definition) is 2. The summed E-state index contributed by atoms with van der Waals surface area (Å²) in [6.07, 6.45) is 6.28. The van der Waals surface area contributed by atoms with Crippen molar-refractivity contribution in [2.45, 2.75) is 52.0 Å². The van der Waals surface area contributed by atoms with Crippen LogP contribution in [0.1, 0.15) is 45.1 Å². The molecule has 106 valence electrons. The number of hydrazine groups is 1. The van der Waals surface area contributed by atoms with E-state index < -0.39 is 0 Å². The molecule has 2 rings (SSSR count). The van der Waals surface area contributed by atoms with Crippen molar-refractivity contribution in [3.05, 3.63) is 34.3 Å². The van der Waals surface area contributed by atoms with Crippen molar-refractivity contribution in [3.63, 3.8) is 0 Å². The number of nitrogens with one attached hydrogen (secondary N) is 1. The van der Waals surface area contributed by atoms with Crippen LogP contribution in [0.2, 0.25) is 0 Å². The maximum absolute atomic E-state index is 5.86. The van der Waals surface area contributed by atoms with Gasteiger partial charge in [-0.25, -0.2) is 0 Å². The zero-order valence-electron chi connectivity index (χ0n) is 12.0. The molecule has 0 bridgehead atoms. The Morgan fingerprint density at radius 2 is 2.11 bits per heavy atom. The van der Waals surface area contributed by atoms with Crippen LogP contribution in [0.3, 0.4) is 0 Å². The molecule has 2 atom stereocenters. The zero-order valence-corrected chi connectivity index (χ0v) is 13.5. The Morgan fingerprint density at radius 1 is 1.37 bits per heavy atom. The minimum Gasteiger partial charge on any atom is -0.271 e. The predicted octanol–water partition coefficient (Wildman–Crippen LogP) is 4.04. The summed E-state index contributed by atoms with van der Waals surface area (Å²) < 4.78 is 1.18. The maximum Gasteiger partial charge on any atom is 0.0284 e. The van der Waals surface area contributed by atoms with Gasteiger partial charge in [-0.1, -0.05) is 60.8 Å². The summed E-state index contributed by atoms with van der Waals surface area (Å²) in [6, 6.07) is 8.80. The van der Waals surface area contributed by atoms with Gasteiger partial charge < -0.3 is 0 Å². The molecule has 1 saturated carbocycles. The second-order valence-electron chi connectivity index (χ2n) is 6.41. The molecule has 0 spiro atoms. The predicted molar refractivity (Wildman–Crippen MR) is 84.7 cm³/mol. The van der Waals surface area contributed by atoms with Crippen molar-refractivity contribution in [1.82, 2.24) is 5.43 Å². The first-order valence-electron chi connectivity index (χ1n) is 7.24. The second kappa shape index (κ2) is 6.38. The lowest BCUT2D eigenvalue weighted by atomic mass is 9.65. The Kier molecular flexibility index (Phi) is 5.04. The molecule has 19 heavy (non-hydrogen) atoms. The van der Waals surface area contributed by atoms with Gasteiger partial charge in [0.15, 0.2) is 0 Å². The molecule has 0 aliphatic heterocycles. The third kappa shape index (κ3) is 3.59. The van der Waals surface area contributed by atoms with E-state index in [1.165, 1.54) is 35.7 Å². The Hall–Kier alpha value is -0.380. The Bertz CT molecular complexity index is 417. The molecule has 1 fully saturated rings. The molecule has 1 aromatic rings. The minimum atomic E-state index is 0.356. The topological polar surface area (TPSA) is 38.0 Å². The van der Waals surface area contributed by atoms with E-state index in [2.05, 4.69) is 59.5 Å². The van der Waals surface area contributed by atoms with E-state index in [0.29, 0.717) is 17.4 Å². The van der Waals surface area contributed by atoms with E-state index in [1.807, 2.05) is 0 Å². The largest absolute Gasteiger partial charge is 0.271 e. The first-order valence-corrected chi connectivity index (χ1v) is 8.03. The zero-order chi connectivity index (χ0) is 13.9. The van der Waals surface area contributed by atoms with Crippen molar-refractivity contribution in [2.75, 3.05) is 0 Å².